The fourth-order valence-electron chi connectivity index (χ4n) is 3.85. The predicted octanol–water partition coefficient (Wildman–Crippen LogP) is 7.96. The number of aromatic nitrogens is 2. The summed E-state index contributed by atoms with van der Waals surface area (Å²) in [4.78, 5) is 9.54. The zero-order chi connectivity index (χ0) is 21.4. The van der Waals surface area contributed by atoms with Crippen molar-refractivity contribution in [3.8, 4) is 0 Å². The monoisotopic (exact) mass is 364 g/mol. The summed E-state index contributed by atoms with van der Waals surface area (Å²) in [5, 5.41) is 0. The lowest BCUT2D eigenvalue weighted by atomic mass is 9.73. The van der Waals surface area contributed by atoms with Crippen molar-refractivity contribution in [2.45, 2.75) is 121 Å². The van der Waals surface area contributed by atoms with Gasteiger partial charge in [0, 0.05) is 23.2 Å². The van der Waals surface area contributed by atoms with Crippen LogP contribution in [0.25, 0.3) is 0 Å². The van der Waals surface area contributed by atoms with Crippen LogP contribution in [0.2, 0.25) is 0 Å². The summed E-state index contributed by atoms with van der Waals surface area (Å²) in [6.07, 6.45) is 6.08. The molecule has 0 spiro atoms. The smallest absolute Gasteiger partial charge is 0.0646 e. The fourth-order valence-corrected chi connectivity index (χ4v) is 3.85. The van der Waals surface area contributed by atoms with Gasteiger partial charge in [-0.25, -0.2) is 0 Å². The quantitative estimate of drug-likeness (QED) is 0.541. The lowest BCUT2D eigenvalue weighted by Crippen LogP contribution is -2.30. The van der Waals surface area contributed by atoms with Crippen LogP contribution in [-0.2, 0) is 10.8 Å². The van der Waals surface area contributed by atoms with Crippen molar-refractivity contribution >= 4 is 0 Å². The Bertz CT molecular complexity index is 456. The second kappa shape index (κ2) is 10.4. The van der Waals surface area contributed by atoms with Crippen molar-refractivity contribution < 1.29 is 0 Å². The first-order valence-corrected chi connectivity index (χ1v) is 10.5. The van der Waals surface area contributed by atoms with Crippen LogP contribution in [0, 0.1) is 10.8 Å². The molecule has 0 aliphatic heterocycles. The highest BCUT2D eigenvalue weighted by Crippen LogP contribution is 2.38. The van der Waals surface area contributed by atoms with Gasteiger partial charge in [-0.15, -0.1) is 0 Å². The molecule has 154 valence electrons. The standard InChI is InChI=1S/C20H36N2.2C2H6/c1-17(2,3)13-19(7,8)15-11-21-12-16(22-15)20(9,10)14-18(4,5)6;2*1-2/h11-12H,13-14H2,1-10H3;2*1-2H3. The third kappa shape index (κ3) is 10.3. The maximum atomic E-state index is 5.02. The molecular formula is C24H48N2. The Morgan fingerprint density at radius 3 is 1.08 bits per heavy atom. The molecule has 0 fully saturated rings. The summed E-state index contributed by atoms with van der Waals surface area (Å²) in [6.45, 7) is 30.8. The molecular weight excluding hydrogens is 316 g/mol. The van der Waals surface area contributed by atoms with Crippen molar-refractivity contribution in [2.75, 3.05) is 0 Å². The molecule has 0 radical (unpaired) electrons. The number of nitrogens with zero attached hydrogens (tertiary/aromatic N) is 2. The Hall–Kier alpha value is -0.920. The molecule has 0 aliphatic rings. The summed E-state index contributed by atoms with van der Waals surface area (Å²) < 4.78 is 0. The van der Waals surface area contributed by atoms with Gasteiger partial charge in [-0.05, 0) is 23.7 Å². The van der Waals surface area contributed by atoms with Crippen molar-refractivity contribution in [2.24, 2.45) is 10.8 Å². The number of rotatable bonds is 4. The maximum Gasteiger partial charge on any atom is 0.0646 e. The SMILES string of the molecule is CC.CC.CC(C)(C)CC(C)(C)c1cncc(C(C)(C)CC(C)(C)C)n1. The summed E-state index contributed by atoms with van der Waals surface area (Å²) in [7, 11) is 0. The third-order valence-corrected chi connectivity index (χ3v) is 3.97. The van der Waals surface area contributed by atoms with Crippen LogP contribution in [-0.4, -0.2) is 9.97 Å². The van der Waals surface area contributed by atoms with Crippen molar-refractivity contribution in [1.82, 2.24) is 9.97 Å². The molecule has 0 atom stereocenters. The Labute approximate surface area is 165 Å². The van der Waals surface area contributed by atoms with Crippen molar-refractivity contribution in [3.05, 3.63) is 23.8 Å². The largest absolute Gasteiger partial charge is 0.261 e. The Balaban J connectivity index is 0. The molecule has 2 heteroatoms. The highest BCUT2D eigenvalue weighted by atomic mass is 14.8. The molecule has 0 saturated carbocycles. The Kier molecular flexibility index (Phi) is 10.9. The minimum atomic E-state index is 0.0407. The lowest BCUT2D eigenvalue weighted by Gasteiger charge is -2.34. The minimum absolute atomic E-state index is 0.0407. The molecule has 0 amide bonds. The van der Waals surface area contributed by atoms with E-state index in [1.807, 2.05) is 40.1 Å². The van der Waals surface area contributed by atoms with Crippen LogP contribution in [0.5, 0.6) is 0 Å². The van der Waals surface area contributed by atoms with E-state index in [-0.39, 0.29) is 21.7 Å². The topological polar surface area (TPSA) is 25.8 Å². The molecule has 2 nitrogen and oxygen atoms in total. The second-order valence-electron chi connectivity index (χ2n) is 10.5. The second-order valence-corrected chi connectivity index (χ2v) is 10.5. The van der Waals surface area contributed by atoms with Crippen LogP contribution in [0.15, 0.2) is 12.4 Å². The van der Waals surface area contributed by atoms with E-state index in [0.29, 0.717) is 0 Å². The van der Waals surface area contributed by atoms with Gasteiger partial charge in [0.2, 0.25) is 0 Å². The van der Waals surface area contributed by atoms with Crippen LogP contribution in [0.1, 0.15) is 121 Å². The average Bonchev–Trinajstić information content (AvgIpc) is 2.47. The molecule has 0 unspecified atom stereocenters. The highest BCUT2D eigenvalue weighted by molar-refractivity contribution is 5.19. The first-order valence-electron chi connectivity index (χ1n) is 10.5. The Morgan fingerprint density at radius 1 is 0.577 bits per heavy atom. The highest BCUT2D eigenvalue weighted by Gasteiger charge is 2.32. The van der Waals surface area contributed by atoms with Crippen molar-refractivity contribution in [3.63, 3.8) is 0 Å². The molecule has 0 bridgehead atoms. The van der Waals surface area contributed by atoms with Crippen LogP contribution in [0.3, 0.4) is 0 Å². The molecule has 0 saturated heterocycles. The zero-order valence-electron chi connectivity index (χ0n) is 20.5. The van der Waals surface area contributed by atoms with Gasteiger partial charge in [-0.1, -0.05) is 96.9 Å². The molecule has 1 aromatic rings. The summed E-state index contributed by atoms with van der Waals surface area (Å²) in [5.41, 5.74) is 2.87. The van der Waals surface area contributed by atoms with E-state index < -0.39 is 0 Å². The molecule has 1 heterocycles. The van der Waals surface area contributed by atoms with E-state index in [1.54, 1.807) is 0 Å². The van der Waals surface area contributed by atoms with Gasteiger partial charge in [0.25, 0.3) is 0 Å². The van der Waals surface area contributed by atoms with Gasteiger partial charge in [-0.3, -0.25) is 9.97 Å². The Morgan fingerprint density at radius 2 is 0.846 bits per heavy atom. The molecule has 1 rings (SSSR count). The van der Waals surface area contributed by atoms with E-state index in [1.165, 1.54) is 0 Å². The normalized spacial score (nSPS) is 12.5. The van der Waals surface area contributed by atoms with Crippen LogP contribution in [0.4, 0.5) is 0 Å². The third-order valence-electron chi connectivity index (χ3n) is 3.97. The summed E-state index contributed by atoms with van der Waals surface area (Å²) in [6, 6.07) is 0. The van der Waals surface area contributed by atoms with Crippen molar-refractivity contribution in [1.29, 1.82) is 0 Å². The van der Waals surface area contributed by atoms with E-state index in [9.17, 15) is 0 Å². The van der Waals surface area contributed by atoms with Gasteiger partial charge in [-0.2, -0.15) is 0 Å². The minimum Gasteiger partial charge on any atom is -0.261 e. The summed E-state index contributed by atoms with van der Waals surface area (Å²) in [5.74, 6) is 0. The first-order chi connectivity index (χ1) is 11.6. The van der Waals surface area contributed by atoms with Gasteiger partial charge in [0.05, 0.1) is 11.4 Å². The number of hydrogen-bond acceptors (Lipinski definition) is 2. The summed E-state index contributed by atoms with van der Waals surface area (Å²) >= 11 is 0. The molecule has 0 aromatic carbocycles. The fraction of sp³-hybridized carbons (Fsp3) is 0.833. The molecule has 0 N–H and O–H groups in total. The maximum absolute atomic E-state index is 5.02. The van der Waals surface area contributed by atoms with Gasteiger partial charge < -0.3 is 0 Å². The van der Waals surface area contributed by atoms with E-state index in [0.717, 1.165) is 24.2 Å². The van der Waals surface area contributed by atoms with Gasteiger partial charge in [0.1, 0.15) is 0 Å². The lowest BCUT2D eigenvalue weighted by molar-refractivity contribution is 0.269. The zero-order valence-corrected chi connectivity index (χ0v) is 20.5. The molecule has 1 aromatic heterocycles. The molecule has 26 heavy (non-hydrogen) atoms. The van der Waals surface area contributed by atoms with E-state index in [4.69, 9.17) is 4.98 Å². The van der Waals surface area contributed by atoms with Gasteiger partial charge in [0.15, 0.2) is 0 Å². The van der Waals surface area contributed by atoms with Crippen LogP contribution < -0.4 is 0 Å². The first kappa shape index (κ1) is 27.3. The molecule has 0 aliphatic carbocycles. The van der Waals surface area contributed by atoms with Crippen LogP contribution >= 0.6 is 0 Å². The number of hydrogen-bond donors (Lipinski definition) is 0. The average molecular weight is 365 g/mol. The van der Waals surface area contributed by atoms with E-state index in [2.05, 4.69) is 74.2 Å². The predicted molar refractivity (Wildman–Crippen MR) is 119 cm³/mol. The van der Waals surface area contributed by atoms with Gasteiger partial charge >= 0.3 is 0 Å². The van der Waals surface area contributed by atoms with E-state index >= 15 is 0 Å².